The molecule has 2 aromatic rings. The molecule has 0 bridgehead atoms. The molecule has 30 heavy (non-hydrogen) atoms. The minimum atomic E-state index is -3.59. The van der Waals surface area contributed by atoms with E-state index in [1.54, 1.807) is 0 Å². The first-order valence-electron chi connectivity index (χ1n) is 9.26. The average molecular weight is 480 g/mol. The van der Waals surface area contributed by atoms with Crippen molar-refractivity contribution < 1.29 is 21.2 Å². The van der Waals surface area contributed by atoms with Crippen LogP contribution in [0.2, 0.25) is 5.15 Å². The number of H-pyrrole nitrogens is 1. The molecule has 3 rings (SSSR count). The molecule has 1 aliphatic rings. The number of sulfonamides is 2. The van der Waals surface area contributed by atoms with Gasteiger partial charge >= 0.3 is 0 Å². The van der Waals surface area contributed by atoms with Gasteiger partial charge in [0.25, 0.3) is 0 Å². The van der Waals surface area contributed by atoms with Gasteiger partial charge in [0.05, 0.1) is 23.9 Å². The summed E-state index contributed by atoms with van der Waals surface area (Å²) >= 11 is 6.32. The first-order valence-corrected chi connectivity index (χ1v) is 13.1. The number of imidazole rings is 1. The van der Waals surface area contributed by atoms with Crippen LogP contribution in [-0.4, -0.2) is 67.7 Å². The van der Waals surface area contributed by atoms with Crippen molar-refractivity contribution in [3.63, 3.8) is 0 Å². The van der Waals surface area contributed by atoms with Gasteiger partial charge in [0, 0.05) is 25.6 Å². The molecule has 0 amide bonds. The summed E-state index contributed by atoms with van der Waals surface area (Å²) in [6, 6.07) is 2.78. The molecule has 1 fully saturated rings. The number of rotatable bonds is 7. The number of aromatic amines is 1. The molecule has 9 nitrogen and oxygen atoms in total. The molecule has 0 radical (unpaired) electrons. The third kappa shape index (κ3) is 5.55. The van der Waals surface area contributed by atoms with Crippen molar-refractivity contribution in [1.82, 2.24) is 24.0 Å². The van der Waals surface area contributed by atoms with Crippen LogP contribution in [0.4, 0.5) is 4.39 Å². The third-order valence-electron chi connectivity index (χ3n) is 5.01. The molecule has 2 aromatic heterocycles. The summed E-state index contributed by atoms with van der Waals surface area (Å²) in [5.74, 6) is -0.430. The Hall–Kier alpha value is -1.60. The third-order valence-corrected chi connectivity index (χ3v) is 7.87. The summed E-state index contributed by atoms with van der Waals surface area (Å²) in [5, 5.41) is 0.279. The normalized spacial score (nSPS) is 21.1. The molecule has 1 saturated heterocycles. The van der Waals surface area contributed by atoms with Crippen molar-refractivity contribution in [1.29, 1.82) is 0 Å². The van der Waals surface area contributed by atoms with Gasteiger partial charge in [0.1, 0.15) is 11.5 Å². The van der Waals surface area contributed by atoms with Gasteiger partial charge in [0.15, 0.2) is 11.0 Å². The lowest BCUT2D eigenvalue weighted by Gasteiger charge is -2.35. The average Bonchev–Trinajstić information content (AvgIpc) is 3.02. The molecule has 0 unspecified atom stereocenters. The van der Waals surface area contributed by atoms with Crippen LogP contribution in [0.5, 0.6) is 0 Å². The van der Waals surface area contributed by atoms with Gasteiger partial charge in [0.2, 0.25) is 20.0 Å². The number of aromatic nitrogens is 3. The molecule has 13 heteroatoms. The zero-order chi connectivity index (χ0) is 22.1. The fraction of sp³-hybridized carbons (Fsp3) is 0.529. The zero-order valence-corrected chi connectivity index (χ0v) is 18.9. The van der Waals surface area contributed by atoms with Crippen molar-refractivity contribution in [2.45, 2.75) is 19.3 Å². The van der Waals surface area contributed by atoms with E-state index in [0.717, 1.165) is 12.5 Å². The molecule has 2 atom stereocenters. The van der Waals surface area contributed by atoms with E-state index in [1.165, 1.54) is 16.4 Å². The second-order valence-corrected chi connectivity index (χ2v) is 11.6. The van der Waals surface area contributed by atoms with E-state index in [2.05, 4.69) is 19.7 Å². The molecular formula is C17H23ClFN5O4S2. The Morgan fingerprint density at radius 3 is 2.67 bits per heavy atom. The van der Waals surface area contributed by atoms with Crippen LogP contribution in [0.1, 0.15) is 25.0 Å². The number of nitrogens with zero attached hydrogens (tertiary/aromatic N) is 3. The van der Waals surface area contributed by atoms with E-state index < -0.39 is 25.9 Å². The fourth-order valence-electron chi connectivity index (χ4n) is 3.52. The van der Waals surface area contributed by atoms with E-state index >= 15 is 0 Å². The summed E-state index contributed by atoms with van der Waals surface area (Å²) in [4.78, 5) is 11.4. The van der Waals surface area contributed by atoms with E-state index in [1.807, 2.05) is 6.92 Å². The van der Waals surface area contributed by atoms with Crippen LogP contribution in [0, 0.1) is 11.7 Å². The number of hydrogen-bond donors (Lipinski definition) is 2. The number of pyridine rings is 1. The van der Waals surface area contributed by atoms with Crippen LogP contribution >= 0.6 is 11.6 Å². The van der Waals surface area contributed by atoms with Crippen molar-refractivity contribution in [2.24, 2.45) is 5.92 Å². The Kier molecular flexibility index (Phi) is 6.82. The van der Waals surface area contributed by atoms with Gasteiger partial charge in [-0.15, -0.1) is 0 Å². The lowest BCUT2D eigenvalue weighted by atomic mass is 9.86. The Bertz CT molecular complexity index is 1110. The number of nitrogens with one attached hydrogen (secondary N) is 2. The van der Waals surface area contributed by atoms with Gasteiger partial charge in [-0.05, 0) is 24.5 Å². The van der Waals surface area contributed by atoms with Crippen molar-refractivity contribution in [2.75, 3.05) is 31.6 Å². The van der Waals surface area contributed by atoms with Crippen LogP contribution in [0.15, 0.2) is 18.3 Å². The van der Waals surface area contributed by atoms with Gasteiger partial charge in [-0.3, -0.25) is 0 Å². The Labute approximate surface area is 180 Å². The monoisotopic (exact) mass is 479 g/mol. The summed E-state index contributed by atoms with van der Waals surface area (Å²) < 4.78 is 64.0. The minimum absolute atomic E-state index is 0.0419. The van der Waals surface area contributed by atoms with Gasteiger partial charge in [-0.1, -0.05) is 18.5 Å². The standard InChI is InChI=1S/C17H23ClFN5O4S2/c1-11-10-24(30(27,28)8-6-21-29(2,25)26)7-5-13(11)15-16(18)23-17(22-15)14-4-3-12(19)9-20-14/h3-4,9,11,13,21H,5-8,10H2,1-2H3,(H,22,23)/t11-,13+/m0/s1. The molecule has 3 heterocycles. The maximum Gasteiger partial charge on any atom is 0.215 e. The summed E-state index contributed by atoms with van der Waals surface area (Å²) in [6.45, 7) is 2.32. The quantitative estimate of drug-likeness (QED) is 0.621. The highest BCUT2D eigenvalue weighted by Crippen LogP contribution is 2.37. The number of hydrogen-bond acceptors (Lipinski definition) is 6. The molecule has 0 saturated carbocycles. The predicted molar refractivity (Wildman–Crippen MR) is 112 cm³/mol. The number of piperidine rings is 1. The molecule has 2 N–H and O–H groups in total. The van der Waals surface area contributed by atoms with Crippen molar-refractivity contribution in [3.05, 3.63) is 35.0 Å². The van der Waals surface area contributed by atoms with E-state index in [4.69, 9.17) is 11.6 Å². The molecule has 166 valence electrons. The number of halogens is 2. The van der Waals surface area contributed by atoms with E-state index in [9.17, 15) is 21.2 Å². The van der Waals surface area contributed by atoms with Crippen LogP contribution in [0.25, 0.3) is 11.5 Å². The van der Waals surface area contributed by atoms with Gasteiger partial charge < -0.3 is 4.98 Å². The lowest BCUT2D eigenvalue weighted by molar-refractivity contribution is 0.246. The first kappa shape index (κ1) is 23.1. The van der Waals surface area contributed by atoms with Crippen LogP contribution in [-0.2, 0) is 20.0 Å². The maximum atomic E-state index is 13.1. The molecular weight excluding hydrogens is 457 g/mol. The molecule has 0 spiro atoms. The SMILES string of the molecule is C[C@H]1CN(S(=O)(=O)CCNS(C)(=O)=O)CC[C@H]1c1[nH]c(-c2ccc(F)cn2)nc1Cl. The Morgan fingerprint density at radius 1 is 1.33 bits per heavy atom. The fourth-order valence-corrected chi connectivity index (χ4v) is 5.86. The summed E-state index contributed by atoms with van der Waals surface area (Å²) in [6.07, 6.45) is 2.60. The lowest BCUT2D eigenvalue weighted by Crippen LogP contribution is -2.44. The Balaban J connectivity index is 1.69. The highest BCUT2D eigenvalue weighted by molar-refractivity contribution is 7.89. The smallest absolute Gasteiger partial charge is 0.215 e. The molecule has 0 aliphatic carbocycles. The van der Waals surface area contributed by atoms with Gasteiger partial charge in [-0.25, -0.2) is 40.2 Å². The van der Waals surface area contributed by atoms with Gasteiger partial charge in [-0.2, -0.15) is 0 Å². The predicted octanol–water partition coefficient (Wildman–Crippen LogP) is 1.57. The van der Waals surface area contributed by atoms with E-state index in [0.29, 0.717) is 23.6 Å². The zero-order valence-electron chi connectivity index (χ0n) is 16.5. The summed E-state index contributed by atoms with van der Waals surface area (Å²) in [7, 11) is -7.04. The second kappa shape index (κ2) is 8.87. The molecule has 0 aromatic carbocycles. The minimum Gasteiger partial charge on any atom is -0.339 e. The van der Waals surface area contributed by atoms with Crippen LogP contribution < -0.4 is 4.72 Å². The summed E-state index contributed by atoms with van der Waals surface area (Å²) in [5.41, 5.74) is 1.15. The largest absolute Gasteiger partial charge is 0.339 e. The first-order chi connectivity index (χ1) is 14.0. The Morgan fingerprint density at radius 2 is 2.07 bits per heavy atom. The maximum absolute atomic E-state index is 13.1. The second-order valence-electron chi connectivity index (χ2n) is 7.36. The highest BCUT2D eigenvalue weighted by atomic mass is 35.5. The highest BCUT2D eigenvalue weighted by Gasteiger charge is 2.35. The van der Waals surface area contributed by atoms with Crippen molar-refractivity contribution in [3.8, 4) is 11.5 Å². The topological polar surface area (TPSA) is 125 Å². The van der Waals surface area contributed by atoms with E-state index in [-0.39, 0.29) is 42.4 Å². The molecule has 1 aliphatic heterocycles. The van der Waals surface area contributed by atoms with Crippen molar-refractivity contribution >= 4 is 31.6 Å². The van der Waals surface area contributed by atoms with Crippen LogP contribution in [0.3, 0.4) is 0 Å².